The molecule has 104 valence electrons. The first-order valence-corrected chi connectivity index (χ1v) is 5.08. The lowest BCUT2D eigenvalue weighted by Crippen LogP contribution is -2.51. The Bertz CT molecular complexity index is 654. The number of fused-ring (bicyclic) bond motifs is 1. The van der Waals surface area contributed by atoms with Gasteiger partial charge in [-0.25, -0.2) is 0 Å². The lowest BCUT2D eigenvalue weighted by atomic mass is 10.2. The van der Waals surface area contributed by atoms with Crippen LogP contribution in [0.2, 0.25) is 0 Å². The van der Waals surface area contributed by atoms with E-state index in [1.165, 1.54) is 0 Å². The number of benzene rings is 1. The van der Waals surface area contributed by atoms with E-state index in [4.69, 9.17) is 6.42 Å². The fourth-order valence-electron chi connectivity index (χ4n) is 1.66. The molecule has 1 heterocycles. The number of hydrogen-bond acceptors (Lipinski definition) is 4. The van der Waals surface area contributed by atoms with Crippen molar-refractivity contribution in [1.82, 2.24) is 0 Å². The van der Waals surface area contributed by atoms with Crippen molar-refractivity contribution in [2.45, 2.75) is 6.11 Å². The van der Waals surface area contributed by atoms with Gasteiger partial charge in [-0.3, -0.25) is 19.8 Å². The molecule has 0 atom stereocenters. The molecule has 0 radical (unpaired) electrons. The van der Waals surface area contributed by atoms with Gasteiger partial charge in [0.25, 0.3) is 0 Å². The Morgan fingerprint density at radius 1 is 1.50 bits per heavy atom. The van der Waals surface area contributed by atoms with Crippen molar-refractivity contribution in [1.29, 1.82) is 0 Å². The number of carbonyl (C=O) groups excluding carboxylic acids is 1. The zero-order valence-corrected chi connectivity index (χ0v) is 9.60. The zero-order valence-electron chi connectivity index (χ0n) is 9.60. The highest BCUT2D eigenvalue weighted by atomic mass is 19.3. The molecule has 1 aliphatic heterocycles. The number of alkyl halides is 2. The summed E-state index contributed by atoms with van der Waals surface area (Å²) < 4.78 is 44.1. The van der Waals surface area contributed by atoms with Crippen LogP contribution >= 0.6 is 0 Å². The van der Waals surface area contributed by atoms with Crippen molar-refractivity contribution >= 4 is 17.3 Å². The van der Waals surface area contributed by atoms with Gasteiger partial charge in [0, 0.05) is 12.1 Å². The number of terminal acetylenes is 1. The van der Waals surface area contributed by atoms with Crippen molar-refractivity contribution in [2.24, 2.45) is 0 Å². The molecule has 1 aromatic carbocycles. The normalized spacial score (nSPS) is 16.1. The number of nitro groups is 1. The third-order valence-electron chi connectivity index (χ3n) is 2.50. The van der Waals surface area contributed by atoms with Crippen LogP contribution in [-0.2, 0) is 4.79 Å². The van der Waals surface area contributed by atoms with Gasteiger partial charge >= 0.3 is 17.7 Å². The minimum absolute atomic E-state index is 0.382. The van der Waals surface area contributed by atoms with E-state index in [1.807, 2.05) is 5.92 Å². The molecule has 0 bridgehead atoms. The van der Waals surface area contributed by atoms with E-state index in [0.29, 0.717) is 17.0 Å². The van der Waals surface area contributed by atoms with E-state index in [1.54, 1.807) is 0 Å². The monoisotopic (exact) mass is 286 g/mol. The molecule has 1 aromatic rings. The number of nitro benzene ring substituents is 1. The van der Waals surface area contributed by atoms with Gasteiger partial charge in [0.15, 0.2) is 5.75 Å². The van der Waals surface area contributed by atoms with Gasteiger partial charge in [-0.05, 0) is 0 Å². The number of ether oxygens (including phenoxy) is 1. The molecule has 0 unspecified atom stereocenters. The molecule has 1 aliphatic rings. The summed E-state index contributed by atoms with van der Waals surface area (Å²) in [6.45, 7) is -0.562. The first-order chi connectivity index (χ1) is 9.27. The lowest BCUT2D eigenvalue weighted by molar-refractivity contribution is -0.387. The standard InChI is InChI=1S/C11H5F3N2O4/c1-2-3-15-8-5-7(16(18)19)6(12)4-9(8)20-11(13,14)10(15)17/h1,4-5H,3H2. The summed E-state index contributed by atoms with van der Waals surface area (Å²) >= 11 is 0. The Labute approximate surface area is 109 Å². The van der Waals surface area contributed by atoms with E-state index >= 15 is 0 Å². The summed E-state index contributed by atoms with van der Waals surface area (Å²) in [6.07, 6.45) is 0.742. The highest BCUT2D eigenvalue weighted by molar-refractivity contribution is 6.01. The van der Waals surface area contributed by atoms with Crippen molar-refractivity contribution in [3.05, 3.63) is 28.1 Å². The molecular weight excluding hydrogens is 281 g/mol. The molecule has 2 rings (SSSR count). The maximum Gasteiger partial charge on any atom is 0.483 e. The summed E-state index contributed by atoms with van der Waals surface area (Å²) in [5, 5.41) is 10.6. The first-order valence-electron chi connectivity index (χ1n) is 5.08. The Kier molecular flexibility index (Phi) is 3.01. The molecule has 6 nitrogen and oxygen atoms in total. The van der Waals surface area contributed by atoms with E-state index < -0.39 is 40.7 Å². The van der Waals surface area contributed by atoms with Crippen LogP contribution in [0, 0.1) is 28.3 Å². The molecular formula is C11H5F3N2O4. The molecule has 0 saturated carbocycles. The number of carbonyl (C=O) groups is 1. The van der Waals surface area contributed by atoms with E-state index in [0.717, 1.165) is 0 Å². The van der Waals surface area contributed by atoms with Gasteiger partial charge < -0.3 is 4.74 Å². The van der Waals surface area contributed by atoms with Gasteiger partial charge in [-0.15, -0.1) is 6.42 Å². The first kappa shape index (κ1) is 13.7. The Morgan fingerprint density at radius 3 is 2.70 bits per heavy atom. The van der Waals surface area contributed by atoms with Gasteiger partial charge in [0.1, 0.15) is 0 Å². The van der Waals surface area contributed by atoms with E-state index in [-0.39, 0.29) is 5.69 Å². The quantitative estimate of drug-likeness (QED) is 0.471. The SMILES string of the molecule is C#CCN1C(=O)C(F)(F)Oc2cc(F)c([N+](=O)[O-])cc21. The molecule has 0 spiro atoms. The van der Waals surface area contributed by atoms with Crippen LogP contribution in [0.25, 0.3) is 0 Å². The number of hydrogen-bond donors (Lipinski definition) is 0. The molecule has 0 aromatic heterocycles. The van der Waals surface area contributed by atoms with Crippen LogP contribution in [0.5, 0.6) is 5.75 Å². The predicted octanol–water partition coefficient (Wildman–Crippen LogP) is 1.69. The van der Waals surface area contributed by atoms with Crippen molar-refractivity contribution < 1.29 is 27.6 Å². The minimum Gasteiger partial charge on any atom is -0.423 e. The predicted molar refractivity (Wildman–Crippen MR) is 59.8 cm³/mol. The van der Waals surface area contributed by atoms with E-state index in [9.17, 15) is 28.1 Å². The molecule has 0 fully saturated rings. The average molecular weight is 286 g/mol. The highest BCUT2D eigenvalue weighted by Crippen LogP contribution is 2.42. The molecule has 0 saturated heterocycles. The summed E-state index contributed by atoms with van der Waals surface area (Å²) in [6, 6.07) is 1.03. The number of halogens is 3. The topological polar surface area (TPSA) is 72.7 Å². The second-order valence-corrected chi connectivity index (χ2v) is 3.74. The number of anilines is 1. The second-order valence-electron chi connectivity index (χ2n) is 3.74. The number of amides is 1. The number of nitrogens with zero attached hydrogens (tertiary/aromatic N) is 2. The third kappa shape index (κ3) is 2.01. The Morgan fingerprint density at radius 2 is 2.15 bits per heavy atom. The average Bonchev–Trinajstić information content (AvgIpc) is 2.33. The fraction of sp³-hybridized carbons (Fsp3) is 0.182. The molecule has 0 N–H and O–H groups in total. The fourth-order valence-corrected chi connectivity index (χ4v) is 1.66. The van der Waals surface area contributed by atoms with E-state index in [2.05, 4.69) is 4.74 Å². The number of rotatable bonds is 2. The smallest absolute Gasteiger partial charge is 0.423 e. The highest BCUT2D eigenvalue weighted by Gasteiger charge is 2.51. The summed E-state index contributed by atoms with van der Waals surface area (Å²) in [5.41, 5.74) is -1.36. The van der Waals surface area contributed by atoms with Gasteiger partial charge in [-0.2, -0.15) is 13.2 Å². The van der Waals surface area contributed by atoms with Crippen LogP contribution in [0.3, 0.4) is 0 Å². The Hall–Kier alpha value is -2.76. The van der Waals surface area contributed by atoms with Crippen molar-refractivity contribution in [3.63, 3.8) is 0 Å². The van der Waals surface area contributed by atoms with Gasteiger partial charge in [0.2, 0.25) is 5.82 Å². The van der Waals surface area contributed by atoms with Crippen LogP contribution < -0.4 is 9.64 Å². The van der Waals surface area contributed by atoms with Crippen molar-refractivity contribution in [3.8, 4) is 18.1 Å². The van der Waals surface area contributed by atoms with Gasteiger partial charge in [0.05, 0.1) is 17.2 Å². The maximum atomic E-state index is 13.4. The molecule has 0 aliphatic carbocycles. The lowest BCUT2D eigenvalue weighted by Gasteiger charge is -2.32. The minimum atomic E-state index is -4.22. The zero-order chi connectivity index (χ0) is 15.1. The second kappa shape index (κ2) is 4.41. The maximum absolute atomic E-state index is 13.4. The van der Waals surface area contributed by atoms with Crippen LogP contribution in [-0.4, -0.2) is 23.5 Å². The molecule has 9 heteroatoms. The van der Waals surface area contributed by atoms with Gasteiger partial charge in [-0.1, -0.05) is 5.92 Å². The summed E-state index contributed by atoms with van der Waals surface area (Å²) in [4.78, 5) is 21.4. The third-order valence-corrected chi connectivity index (χ3v) is 2.50. The largest absolute Gasteiger partial charge is 0.483 e. The summed E-state index contributed by atoms with van der Waals surface area (Å²) in [5.74, 6) is -1.87. The van der Waals surface area contributed by atoms with Crippen LogP contribution in [0.4, 0.5) is 24.5 Å². The van der Waals surface area contributed by atoms with Crippen LogP contribution in [0.1, 0.15) is 0 Å². The van der Waals surface area contributed by atoms with Crippen molar-refractivity contribution in [2.75, 3.05) is 11.4 Å². The Balaban J connectivity index is 2.65. The van der Waals surface area contributed by atoms with Crippen LogP contribution in [0.15, 0.2) is 12.1 Å². The molecule has 1 amide bonds. The molecule has 20 heavy (non-hydrogen) atoms. The summed E-state index contributed by atoms with van der Waals surface area (Å²) in [7, 11) is 0.